The molecule has 0 spiro atoms. The number of likely N-dealkylation sites (tertiary alicyclic amines) is 1. The van der Waals surface area contributed by atoms with Gasteiger partial charge in [0.2, 0.25) is 0 Å². The molecule has 84 valence electrons. The highest BCUT2D eigenvalue weighted by molar-refractivity contribution is 5.53. The van der Waals surface area contributed by atoms with E-state index in [2.05, 4.69) is 4.90 Å². The van der Waals surface area contributed by atoms with Crippen molar-refractivity contribution >= 4 is 11.8 Å². The third-order valence-corrected chi connectivity index (χ3v) is 2.70. The average Bonchev–Trinajstić information content (AvgIpc) is 2.79. The van der Waals surface area contributed by atoms with Gasteiger partial charge in [0.1, 0.15) is 0 Å². The second-order valence-electron chi connectivity index (χ2n) is 3.91. The summed E-state index contributed by atoms with van der Waals surface area (Å²) in [6.07, 6.45) is 6.42. The van der Waals surface area contributed by atoms with Crippen molar-refractivity contribution in [1.29, 1.82) is 0 Å². The highest BCUT2D eigenvalue weighted by Crippen LogP contribution is 2.15. The first-order chi connectivity index (χ1) is 7.75. The van der Waals surface area contributed by atoms with Gasteiger partial charge in [0.15, 0.2) is 0 Å². The fourth-order valence-corrected chi connectivity index (χ4v) is 1.82. The molecule has 0 bridgehead atoms. The monoisotopic (exact) mass is 218 g/mol. The summed E-state index contributed by atoms with van der Waals surface area (Å²) in [4.78, 5) is 12.5. The van der Waals surface area contributed by atoms with E-state index in [1.807, 2.05) is 18.3 Å². The molecule has 0 atom stereocenters. The zero-order valence-corrected chi connectivity index (χ0v) is 9.00. The molecule has 1 fully saturated rings. The fraction of sp³-hybridized carbons (Fsp3) is 0.333. The van der Waals surface area contributed by atoms with Crippen LogP contribution in [0.4, 0.5) is 5.69 Å². The molecule has 0 saturated carbocycles. The number of benzene rings is 1. The van der Waals surface area contributed by atoms with E-state index in [4.69, 9.17) is 0 Å². The zero-order valence-electron chi connectivity index (χ0n) is 9.00. The quantitative estimate of drug-likeness (QED) is 0.578. The van der Waals surface area contributed by atoms with Crippen molar-refractivity contribution in [3.63, 3.8) is 0 Å². The van der Waals surface area contributed by atoms with Crippen LogP contribution in [-0.4, -0.2) is 22.9 Å². The van der Waals surface area contributed by atoms with Gasteiger partial charge in [-0.2, -0.15) is 0 Å². The first-order valence-corrected chi connectivity index (χ1v) is 5.42. The molecule has 1 aromatic carbocycles. The Balaban J connectivity index is 2.08. The van der Waals surface area contributed by atoms with Crippen molar-refractivity contribution in [3.05, 3.63) is 46.1 Å². The molecule has 0 N–H and O–H groups in total. The molecule has 2 rings (SSSR count). The van der Waals surface area contributed by atoms with E-state index in [1.165, 1.54) is 18.9 Å². The largest absolute Gasteiger partial charge is 0.377 e. The van der Waals surface area contributed by atoms with E-state index in [-0.39, 0.29) is 10.6 Å². The highest BCUT2D eigenvalue weighted by atomic mass is 16.6. The number of nitro groups is 1. The van der Waals surface area contributed by atoms with E-state index in [0.29, 0.717) is 0 Å². The lowest BCUT2D eigenvalue weighted by molar-refractivity contribution is -0.384. The van der Waals surface area contributed by atoms with E-state index < -0.39 is 0 Å². The molecule has 4 heteroatoms. The summed E-state index contributed by atoms with van der Waals surface area (Å²) in [6, 6.07) is 6.68. The van der Waals surface area contributed by atoms with Crippen LogP contribution in [0.15, 0.2) is 30.5 Å². The molecule has 1 aliphatic heterocycles. The molecule has 0 amide bonds. The van der Waals surface area contributed by atoms with Gasteiger partial charge in [-0.3, -0.25) is 10.1 Å². The lowest BCUT2D eigenvalue weighted by Gasteiger charge is -2.09. The van der Waals surface area contributed by atoms with Crippen LogP contribution in [0.3, 0.4) is 0 Å². The third-order valence-electron chi connectivity index (χ3n) is 2.70. The smallest absolute Gasteiger partial charge is 0.270 e. The van der Waals surface area contributed by atoms with Gasteiger partial charge >= 0.3 is 0 Å². The highest BCUT2D eigenvalue weighted by Gasteiger charge is 2.07. The Bertz CT molecular complexity index is 409. The molecule has 4 nitrogen and oxygen atoms in total. The summed E-state index contributed by atoms with van der Waals surface area (Å²) in [5.41, 5.74) is 1.02. The molecule has 16 heavy (non-hydrogen) atoms. The van der Waals surface area contributed by atoms with Gasteiger partial charge in [-0.05, 0) is 30.7 Å². The van der Waals surface area contributed by atoms with Crippen molar-refractivity contribution in [3.8, 4) is 0 Å². The lowest BCUT2D eigenvalue weighted by atomic mass is 10.2. The lowest BCUT2D eigenvalue weighted by Crippen LogP contribution is -2.09. The number of rotatable bonds is 3. The van der Waals surface area contributed by atoms with E-state index in [9.17, 15) is 10.1 Å². The predicted octanol–water partition coefficient (Wildman–Crippen LogP) is 2.66. The topological polar surface area (TPSA) is 46.4 Å². The van der Waals surface area contributed by atoms with Crippen molar-refractivity contribution < 1.29 is 4.92 Å². The minimum absolute atomic E-state index is 0.142. The van der Waals surface area contributed by atoms with Crippen LogP contribution in [0.25, 0.3) is 6.08 Å². The summed E-state index contributed by atoms with van der Waals surface area (Å²) >= 11 is 0. The SMILES string of the molecule is O=[N+]([O-])c1cccc(C=CN2CCCC2)c1. The molecule has 1 aromatic rings. The predicted molar refractivity (Wildman–Crippen MR) is 62.9 cm³/mol. The van der Waals surface area contributed by atoms with E-state index in [0.717, 1.165) is 18.7 Å². The number of hydrogen-bond donors (Lipinski definition) is 0. The summed E-state index contributed by atoms with van der Waals surface area (Å²) in [5.74, 6) is 0. The van der Waals surface area contributed by atoms with E-state index >= 15 is 0 Å². The molecular weight excluding hydrogens is 204 g/mol. The van der Waals surface area contributed by atoms with Gasteiger partial charge in [0.25, 0.3) is 5.69 Å². The maximum atomic E-state index is 10.6. The Hall–Kier alpha value is -1.84. The normalized spacial score (nSPS) is 15.9. The van der Waals surface area contributed by atoms with Crippen LogP contribution in [-0.2, 0) is 0 Å². The van der Waals surface area contributed by atoms with Crippen molar-refractivity contribution in [1.82, 2.24) is 4.90 Å². The van der Waals surface area contributed by atoms with Crippen molar-refractivity contribution in [2.24, 2.45) is 0 Å². The van der Waals surface area contributed by atoms with Gasteiger partial charge in [0, 0.05) is 25.2 Å². The Labute approximate surface area is 94.3 Å². The maximum Gasteiger partial charge on any atom is 0.270 e. The minimum Gasteiger partial charge on any atom is -0.377 e. The first-order valence-electron chi connectivity index (χ1n) is 5.42. The fourth-order valence-electron chi connectivity index (χ4n) is 1.82. The Morgan fingerprint density at radius 1 is 1.31 bits per heavy atom. The molecule has 1 heterocycles. The van der Waals surface area contributed by atoms with Crippen LogP contribution >= 0.6 is 0 Å². The minimum atomic E-state index is -0.368. The van der Waals surface area contributed by atoms with Gasteiger partial charge < -0.3 is 4.90 Å². The standard InChI is InChI=1S/C12H14N2O2/c15-14(16)12-5-3-4-11(10-12)6-9-13-7-1-2-8-13/h3-6,9-10H,1-2,7-8H2. The number of hydrogen-bond acceptors (Lipinski definition) is 3. The third kappa shape index (κ3) is 2.59. The van der Waals surface area contributed by atoms with Crippen LogP contribution in [0.2, 0.25) is 0 Å². The van der Waals surface area contributed by atoms with Gasteiger partial charge in [-0.15, -0.1) is 0 Å². The molecule has 1 aliphatic rings. The molecule has 0 aliphatic carbocycles. The van der Waals surface area contributed by atoms with Crippen LogP contribution in [0.5, 0.6) is 0 Å². The molecule has 0 unspecified atom stereocenters. The first kappa shape index (κ1) is 10.7. The Morgan fingerprint density at radius 3 is 2.75 bits per heavy atom. The van der Waals surface area contributed by atoms with E-state index in [1.54, 1.807) is 12.1 Å². The van der Waals surface area contributed by atoms with Gasteiger partial charge in [-0.25, -0.2) is 0 Å². The molecule has 0 radical (unpaired) electrons. The summed E-state index contributed by atoms with van der Waals surface area (Å²) in [7, 11) is 0. The Morgan fingerprint density at radius 2 is 2.06 bits per heavy atom. The molecular formula is C12H14N2O2. The molecule has 1 saturated heterocycles. The summed E-state index contributed by atoms with van der Waals surface area (Å²) in [5, 5.41) is 10.6. The number of non-ortho nitro benzene ring substituents is 1. The number of nitrogens with zero attached hydrogens (tertiary/aromatic N) is 2. The zero-order chi connectivity index (χ0) is 11.4. The summed E-state index contributed by atoms with van der Waals surface area (Å²) < 4.78 is 0. The second-order valence-corrected chi connectivity index (χ2v) is 3.91. The summed E-state index contributed by atoms with van der Waals surface area (Å²) in [6.45, 7) is 2.18. The number of nitro benzene ring substituents is 1. The van der Waals surface area contributed by atoms with Gasteiger partial charge in [0.05, 0.1) is 4.92 Å². The Kier molecular flexibility index (Phi) is 3.19. The second kappa shape index (κ2) is 4.79. The van der Waals surface area contributed by atoms with Crippen LogP contribution in [0.1, 0.15) is 18.4 Å². The molecule has 0 aromatic heterocycles. The van der Waals surface area contributed by atoms with Gasteiger partial charge in [-0.1, -0.05) is 12.1 Å². The average molecular weight is 218 g/mol. The van der Waals surface area contributed by atoms with Crippen LogP contribution < -0.4 is 0 Å². The maximum absolute atomic E-state index is 10.6. The van der Waals surface area contributed by atoms with Crippen molar-refractivity contribution in [2.45, 2.75) is 12.8 Å². The van der Waals surface area contributed by atoms with Crippen molar-refractivity contribution in [2.75, 3.05) is 13.1 Å². The van der Waals surface area contributed by atoms with Crippen LogP contribution in [0, 0.1) is 10.1 Å².